The molecule has 1 aromatic heterocycles. The number of halogens is 1. The Morgan fingerprint density at radius 3 is 2.35 bits per heavy atom. The molecule has 0 atom stereocenters. The summed E-state index contributed by atoms with van der Waals surface area (Å²) in [5, 5.41) is 0.0319. The van der Waals surface area contributed by atoms with Gasteiger partial charge in [-0.25, -0.2) is 23.1 Å². The average molecular weight is 319 g/mol. The third-order valence-electron chi connectivity index (χ3n) is 3.98. The maximum atomic E-state index is 12.2. The van der Waals surface area contributed by atoms with Crippen molar-refractivity contribution in [3.63, 3.8) is 0 Å². The van der Waals surface area contributed by atoms with Crippen LogP contribution in [0.15, 0.2) is 17.3 Å². The predicted octanol–water partition coefficient (Wildman–Crippen LogP) is 1.28. The minimum Gasteiger partial charge on any atom is -0.302 e. The second-order valence-corrected chi connectivity index (χ2v) is 7.44. The van der Waals surface area contributed by atoms with E-state index in [1.807, 2.05) is 14.1 Å². The molecule has 0 radical (unpaired) electrons. The summed E-state index contributed by atoms with van der Waals surface area (Å²) in [5.41, 5.74) is -0.0969. The quantitative estimate of drug-likeness (QED) is 0.828. The first kappa shape index (κ1) is 15.6. The van der Waals surface area contributed by atoms with E-state index >= 15 is 0 Å². The SMILES string of the molecule is CN(C)C1(CNS(=O)(=O)c2cnc(Cl)nc2)CCCC1. The zero-order valence-corrected chi connectivity index (χ0v) is 13.2. The van der Waals surface area contributed by atoms with Crippen molar-refractivity contribution in [1.29, 1.82) is 0 Å². The highest BCUT2D eigenvalue weighted by Crippen LogP contribution is 2.33. The lowest BCUT2D eigenvalue weighted by atomic mass is 9.97. The molecule has 6 nitrogen and oxygen atoms in total. The van der Waals surface area contributed by atoms with Gasteiger partial charge in [0, 0.05) is 12.1 Å². The number of hydrogen-bond acceptors (Lipinski definition) is 5. The third kappa shape index (κ3) is 3.28. The molecular formula is C12H19ClN4O2S. The van der Waals surface area contributed by atoms with E-state index in [4.69, 9.17) is 11.6 Å². The van der Waals surface area contributed by atoms with Gasteiger partial charge in [0.1, 0.15) is 4.90 Å². The summed E-state index contributed by atoms with van der Waals surface area (Å²) in [6.45, 7) is 0.394. The Bertz CT molecular complexity index is 553. The highest BCUT2D eigenvalue weighted by Gasteiger charge is 2.37. The van der Waals surface area contributed by atoms with Crippen LogP contribution in [0.5, 0.6) is 0 Å². The molecule has 1 saturated carbocycles. The minimum absolute atomic E-state index is 0.0319. The number of nitrogens with zero attached hydrogens (tertiary/aromatic N) is 3. The fourth-order valence-electron chi connectivity index (χ4n) is 2.57. The second kappa shape index (κ2) is 5.93. The summed E-state index contributed by atoms with van der Waals surface area (Å²) >= 11 is 5.56. The van der Waals surface area contributed by atoms with Crippen molar-refractivity contribution in [2.45, 2.75) is 36.1 Å². The van der Waals surface area contributed by atoms with Crippen LogP contribution in [0.3, 0.4) is 0 Å². The van der Waals surface area contributed by atoms with Crippen LogP contribution in [-0.2, 0) is 10.0 Å². The van der Waals surface area contributed by atoms with E-state index in [0.717, 1.165) is 25.7 Å². The molecule has 1 aliphatic carbocycles. The monoisotopic (exact) mass is 318 g/mol. The molecule has 0 aliphatic heterocycles. The molecule has 20 heavy (non-hydrogen) atoms. The van der Waals surface area contributed by atoms with Gasteiger partial charge in [-0.3, -0.25) is 0 Å². The summed E-state index contributed by atoms with van der Waals surface area (Å²) in [6.07, 6.45) is 6.69. The first-order valence-electron chi connectivity index (χ1n) is 6.50. The first-order valence-corrected chi connectivity index (χ1v) is 8.36. The van der Waals surface area contributed by atoms with Gasteiger partial charge >= 0.3 is 0 Å². The maximum absolute atomic E-state index is 12.2. The van der Waals surface area contributed by atoms with Crippen molar-refractivity contribution < 1.29 is 8.42 Å². The molecule has 1 N–H and O–H groups in total. The molecule has 1 aliphatic rings. The lowest BCUT2D eigenvalue weighted by Gasteiger charge is -2.36. The van der Waals surface area contributed by atoms with Crippen molar-refractivity contribution in [1.82, 2.24) is 19.6 Å². The zero-order valence-electron chi connectivity index (χ0n) is 11.6. The number of hydrogen-bond donors (Lipinski definition) is 1. The Kier molecular flexibility index (Phi) is 4.63. The van der Waals surface area contributed by atoms with Crippen LogP contribution in [0, 0.1) is 0 Å². The van der Waals surface area contributed by atoms with E-state index in [1.54, 1.807) is 0 Å². The van der Waals surface area contributed by atoms with Crippen molar-refractivity contribution in [2.24, 2.45) is 0 Å². The third-order valence-corrected chi connectivity index (χ3v) is 5.53. The van der Waals surface area contributed by atoms with E-state index in [1.165, 1.54) is 12.4 Å². The lowest BCUT2D eigenvalue weighted by Crippen LogP contribution is -2.50. The number of nitrogens with one attached hydrogen (secondary N) is 1. The molecular weight excluding hydrogens is 300 g/mol. The van der Waals surface area contributed by atoms with Crippen LogP contribution in [0.1, 0.15) is 25.7 Å². The summed E-state index contributed by atoms with van der Waals surface area (Å²) in [7, 11) is 0.386. The Balaban J connectivity index is 2.11. The van der Waals surface area contributed by atoms with E-state index < -0.39 is 10.0 Å². The first-order chi connectivity index (χ1) is 9.36. The van der Waals surface area contributed by atoms with Gasteiger partial charge in [0.15, 0.2) is 0 Å². The highest BCUT2D eigenvalue weighted by molar-refractivity contribution is 7.89. The predicted molar refractivity (Wildman–Crippen MR) is 77.1 cm³/mol. The molecule has 0 aromatic carbocycles. The molecule has 0 amide bonds. The number of aromatic nitrogens is 2. The van der Waals surface area contributed by atoms with Crippen LogP contribution < -0.4 is 4.72 Å². The normalized spacial score (nSPS) is 18.6. The van der Waals surface area contributed by atoms with E-state index in [2.05, 4.69) is 19.6 Å². The number of likely N-dealkylation sites (N-methyl/N-ethyl adjacent to an activating group) is 1. The summed E-state index contributed by atoms with van der Waals surface area (Å²) < 4.78 is 27.1. The molecule has 1 fully saturated rings. The molecule has 112 valence electrons. The zero-order chi connectivity index (χ0) is 14.8. The van der Waals surface area contributed by atoms with Crippen LogP contribution >= 0.6 is 11.6 Å². The van der Waals surface area contributed by atoms with Gasteiger partial charge < -0.3 is 4.90 Å². The Hall–Kier alpha value is -0.760. The molecule has 8 heteroatoms. The van der Waals surface area contributed by atoms with Gasteiger partial charge in [-0.2, -0.15) is 0 Å². The highest BCUT2D eigenvalue weighted by atomic mass is 35.5. The summed E-state index contributed by atoms with van der Waals surface area (Å²) in [5.74, 6) is 0. The van der Waals surface area contributed by atoms with Gasteiger partial charge in [-0.15, -0.1) is 0 Å². The van der Waals surface area contributed by atoms with Gasteiger partial charge in [0.2, 0.25) is 15.3 Å². The fraction of sp³-hybridized carbons (Fsp3) is 0.667. The largest absolute Gasteiger partial charge is 0.302 e. The fourth-order valence-corrected chi connectivity index (χ4v) is 3.67. The molecule has 1 heterocycles. The average Bonchev–Trinajstić information content (AvgIpc) is 2.87. The standard InChI is InChI=1S/C12H19ClN4O2S/c1-17(2)12(5-3-4-6-12)9-16-20(18,19)10-7-14-11(13)15-8-10/h7-8,16H,3-6,9H2,1-2H3. The minimum atomic E-state index is -3.60. The van der Waals surface area contributed by atoms with E-state index in [-0.39, 0.29) is 15.7 Å². The van der Waals surface area contributed by atoms with Gasteiger partial charge in [0.05, 0.1) is 12.4 Å². The van der Waals surface area contributed by atoms with E-state index in [0.29, 0.717) is 6.54 Å². The topological polar surface area (TPSA) is 75.2 Å². The molecule has 2 rings (SSSR count). The summed E-state index contributed by atoms with van der Waals surface area (Å²) in [4.78, 5) is 9.55. The van der Waals surface area contributed by atoms with Crippen molar-refractivity contribution in [3.05, 3.63) is 17.7 Å². The van der Waals surface area contributed by atoms with Crippen LogP contribution in [0.25, 0.3) is 0 Å². The Morgan fingerprint density at radius 2 is 1.85 bits per heavy atom. The Morgan fingerprint density at radius 1 is 1.30 bits per heavy atom. The molecule has 0 spiro atoms. The van der Waals surface area contributed by atoms with Crippen molar-refractivity contribution in [3.8, 4) is 0 Å². The number of rotatable bonds is 5. The Labute approximate surface area is 124 Å². The van der Waals surface area contributed by atoms with E-state index in [9.17, 15) is 8.42 Å². The second-order valence-electron chi connectivity index (χ2n) is 5.34. The number of sulfonamides is 1. The molecule has 1 aromatic rings. The van der Waals surface area contributed by atoms with Crippen molar-refractivity contribution in [2.75, 3.05) is 20.6 Å². The smallest absolute Gasteiger partial charge is 0.243 e. The van der Waals surface area contributed by atoms with Crippen LogP contribution in [0.2, 0.25) is 5.28 Å². The van der Waals surface area contributed by atoms with Crippen molar-refractivity contribution >= 4 is 21.6 Å². The van der Waals surface area contributed by atoms with Gasteiger partial charge in [-0.05, 0) is 38.5 Å². The van der Waals surface area contributed by atoms with Crippen LogP contribution in [-0.4, -0.2) is 49.5 Å². The van der Waals surface area contributed by atoms with Crippen LogP contribution in [0.4, 0.5) is 0 Å². The molecule has 0 saturated heterocycles. The molecule has 0 unspecified atom stereocenters. The summed E-state index contributed by atoms with van der Waals surface area (Å²) in [6, 6.07) is 0. The molecule has 0 bridgehead atoms. The van der Waals surface area contributed by atoms with Gasteiger partial charge in [0.25, 0.3) is 0 Å². The maximum Gasteiger partial charge on any atom is 0.243 e. The van der Waals surface area contributed by atoms with Gasteiger partial charge in [-0.1, -0.05) is 12.8 Å². The lowest BCUT2D eigenvalue weighted by molar-refractivity contribution is 0.162.